The highest BCUT2D eigenvalue weighted by Gasteiger charge is 2.37. The van der Waals surface area contributed by atoms with E-state index < -0.39 is 12.2 Å². The molecule has 0 aliphatic carbocycles. The minimum absolute atomic E-state index is 0.223. The van der Waals surface area contributed by atoms with Crippen LogP contribution in [0.1, 0.15) is 29.5 Å². The molecule has 3 aromatic carbocycles. The van der Waals surface area contributed by atoms with E-state index in [0.29, 0.717) is 38.6 Å². The number of methoxy groups -OCH3 is 1. The van der Waals surface area contributed by atoms with Crippen LogP contribution in [0.15, 0.2) is 103 Å². The van der Waals surface area contributed by atoms with Crippen molar-refractivity contribution in [2.75, 3.05) is 13.7 Å². The molecule has 6 heteroatoms. The number of benzene rings is 3. The fourth-order valence-electron chi connectivity index (χ4n) is 4.13. The lowest BCUT2D eigenvalue weighted by Crippen LogP contribution is -2.47. The molecule has 0 radical (unpaired) electrons. The molecule has 6 nitrogen and oxygen atoms in total. The summed E-state index contributed by atoms with van der Waals surface area (Å²) >= 11 is 0. The SMILES string of the molecule is COC(=O)CCC1=C[C@@H](OCc2ccccc2)[C@@H](OCc2ccccc2)[C@@H](COCc2ccccc2)O1. The van der Waals surface area contributed by atoms with E-state index in [-0.39, 0.29) is 18.5 Å². The van der Waals surface area contributed by atoms with E-state index in [0.717, 1.165) is 16.7 Å². The number of hydrogen-bond acceptors (Lipinski definition) is 6. The topological polar surface area (TPSA) is 63.2 Å². The van der Waals surface area contributed by atoms with Crippen molar-refractivity contribution < 1.29 is 28.5 Å². The zero-order chi connectivity index (χ0) is 25.7. The van der Waals surface area contributed by atoms with Crippen molar-refractivity contribution in [3.8, 4) is 0 Å². The molecular weight excluding hydrogens is 468 g/mol. The Kier molecular flexibility index (Phi) is 10.3. The van der Waals surface area contributed by atoms with Gasteiger partial charge in [-0.15, -0.1) is 0 Å². The second-order valence-electron chi connectivity index (χ2n) is 8.89. The van der Waals surface area contributed by atoms with Crippen LogP contribution in [0.3, 0.4) is 0 Å². The fraction of sp³-hybridized carbons (Fsp3) is 0.323. The van der Waals surface area contributed by atoms with Gasteiger partial charge >= 0.3 is 5.97 Å². The largest absolute Gasteiger partial charge is 0.490 e. The fourth-order valence-corrected chi connectivity index (χ4v) is 4.13. The monoisotopic (exact) mass is 502 g/mol. The van der Waals surface area contributed by atoms with Crippen LogP contribution in [0.5, 0.6) is 0 Å². The summed E-state index contributed by atoms with van der Waals surface area (Å²) < 4.78 is 30.0. The quantitative estimate of drug-likeness (QED) is 0.283. The zero-order valence-corrected chi connectivity index (χ0v) is 21.2. The van der Waals surface area contributed by atoms with Gasteiger partial charge in [0.25, 0.3) is 0 Å². The first-order valence-corrected chi connectivity index (χ1v) is 12.6. The van der Waals surface area contributed by atoms with Crippen LogP contribution in [0.25, 0.3) is 0 Å². The van der Waals surface area contributed by atoms with Gasteiger partial charge in [0.1, 0.15) is 12.2 Å². The molecule has 0 saturated carbocycles. The van der Waals surface area contributed by atoms with Crippen LogP contribution in [-0.4, -0.2) is 38.0 Å². The maximum atomic E-state index is 11.8. The Morgan fingerprint density at radius 3 is 1.86 bits per heavy atom. The molecule has 0 fully saturated rings. The van der Waals surface area contributed by atoms with E-state index in [1.54, 1.807) is 0 Å². The highest BCUT2D eigenvalue weighted by Crippen LogP contribution is 2.28. The van der Waals surface area contributed by atoms with E-state index in [2.05, 4.69) is 0 Å². The molecule has 1 aliphatic rings. The molecule has 37 heavy (non-hydrogen) atoms. The Morgan fingerprint density at radius 2 is 1.30 bits per heavy atom. The third-order valence-electron chi connectivity index (χ3n) is 6.11. The normalized spacial score (nSPS) is 19.1. The number of carbonyl (C=O) groups excluding carboxylic acids is 1. The summed E-state index contributed by atoms with van der Waals surface area (Å²) in [5.41, 5.74) is 3.21. The van der Waals surface area contributed by atoms with Crippen LogP contribution in [0.2, 0.25) is 0 Å². The Bertz CT molecular complexity index is 1100. The maximum Gasteiger partial charge on any atom is 0.305 e. The molecule has 4 rings (SSSR count). The first-order valence-electron chi connectivity index (χ1n) is 12.6. The van der Waals surface area contributed by atoms with Crippen molar-refractivity contribution in [2.45, 2.75) is 51.0 Å². The van der Waals surface area contributed by atoms with Crippen molar-refractivity contribution in [1.29, 1.82) is 0 Å². The highest BCUT2D eigenvalue weighted by molar-refractivity contribution is 5.69. The van der Waals surface area contributed by atoms with Gasteiger partial charge in [-0.3, -0.25) is 4.79 Å². The van der Waals surface area contributed by atoms with Crippen LogP contribution in [-0.2, 0) is 48.3 Å². The Morgan fingerprint density at radius 1 is 0.757 bits per heavy atom. The van der Waals surface area contributed by atoms with E-state index in [9.17, 15) is 4.79 Å². The lowest BCUT2D eigenvalue weighted by Gasteiger charge is -2.37. The Balaban J connectivity index is 1.51. The number of rotatable bonds is 13. The molecular formula is C31H34O6. The average Bonchev–Trinajstić information content (AvgIpc) is 2.95. The molecule has 0 aromatic heterocycles. The molecule has 1 heterocycles. The molecule has 194 valence electrons. The second-order valence-corrected chi connectivity index (χ2v) is 8.89. The third-order valence-corrected chi connectivity index (χ3v) is 6.11. The predicted molar refractivity (Wildman–Crippen MR) is 140 cm³/mol. The third kappa shape index (κ3) is 8.57. The summed E-state index contributed by atoms with van der Waals surface area (Å²) in [4.78, 5) is 11.8. The lowest BCUT2D eigenvalue weighted by atomic mass is 10.0. The summed E-state index contributed by atoms with van der Waals surface area (Å²) in [6.07, 6.45) is 1.37. The predicted octanol–water partition coefficient (Wildman–Crippen LogP) is 5.61. The smallest absolute Gasteiger partial charge is 0.305 e. The van der Waals surface area contributed by atoms with Crippen molar-refractivity contribution in [3.05, 3.63) is 120 Å². The van der Waals surface area contributed by atoms with E-state index >= 15 is 0 Å². The Labute approximate surface area is 218 Å². The van der Waals surface area contributed by atoms with Gasteiger partial charge < -0.3 is 23.7 Å². The number of carbonyl (C=O) groups is 1. The second kappa shape index (κ2) is 14.3. The van der Waals surface area contributed by atoms with E-state index in [4.69, 9.17) is 23.7 Å². The molecule has 0 unspecified atom stereocenters. The van der Waals surface area contributed by atoms with Gasteiger partial charge in [0.2, 0.25) is 0 Å². The summed E-state index contributed by atoms with van der Waals surface area (Å²) in [6, 6.07) is 30.1. The van der Waals surface area contributed by atoms with Gasteiger partial charge in [-0.05, 0) is 22.8 Å². The first kappa shape index (κ1) is 26.6. The van der Waals surface area contributed by atoms with Crippen molar-refractivity contribution in [3.63, 3.8) is 0 Å². The summed E-state index contributed by atoms with van der Waals surface area (Å²) in [5.74, 6) is 0.391. The van der Waals surface area contributed by atoms with Gasteiger partial charge in [-0.25, -0.2) is 0 Å². The first-order chi connectivity index (χ1) is 18.2. The zero-order valence-electron chi connectivity index (χ0n) is 21.2. The van der Waals surface area contributed by atoms with Crippen LogP contribution in [0.4, 0.5) is 0 Å². The summed E-state index contributed by atoms with van der Waals surface area (Å²) in [7, 11) is 1.39. The molecule has 1 aliphatic heterocycles. The lowest BCUT2D eigenvalue weighted by molar-refractivity contribution is -0.155. The Hall–Kier alpha value is -3.45. The molecule has 0 bridgehead atoms. The van der Waals surface area contributed by atoms with Crippen LogP contribution in [0, 0.1) is 0 Å². The van der Waals surface area contributed by atoms with Crippen molar-refractivity contribution >= 4 is 5.97 Å². The van der Waals surface area contributed by atoms with Gasteiger partial charge in [0.05, 0.1) is 45.7 Å². The average molecular weight is 503 g/mol. The number of allylic oxidation sites excluding steroid dienone is 1. The molecule has 3 atom stereocenters. The number of ether oxygens (including phenoxy) is 5. The standard InChI is InChI=1S/C31H34O6/c1-33-30(32)18-17-27-19-28(35-21-25-13-7-3-8-14-25)31(36-22-26-15-9-4-10-16-26)29(37-27)23-34-20-24-11-5-2-6-12-24/h2-16,19,28-29,31H,17-18,20-23H2,1H3/t28-,29-,31-/m1/s1. The maximum absolute atomic E-state index is 11.8. The number of esters is 1. The van der Waals surface area contributed by atoms with Crippen molar-refractivity contribution in [2.24, 2.45) is 0 Å². The summed E-state index contributed by atoms with van der Waals surface area (Å²) in [6.45, 7) is 1.62. The van der Waals surface area contributed by atoms with Gasteiger partial charge in [-0.1, -0.05) is 91.0 Å². The molecule has 0 saturated heterocycles. The molecule has 3 aromatic rings. The van der Waals surface area contributed by atoms with Gasteiger partial charge in [0.15, 0.2) is 6.10 Å². The van der Waals surface area contributed by atoms with Crippen molar-refractivity contribution in [1.82, 2.24) is 0 Å². The van der Waals surface area contributed by atoms with Gasteiger partial charge in [-0.2, -0.15) is 0 Å². The van der Waals surface area contributed by atoms with E-state index in [1.165, 1.54) is 7.11 Å². The van der Waals surface area contributed by atoms with E-state index in [1.807, 2.05) is 97.1 Å². The molecule has 0 spiro atoms. The van der Waals surface area contributed by atoms with Gasteiger partial charge in [0, 0.05) is 6.42 Å². The highest BCUT2D eigenvalue weighted by atomic mass is 16.6. The van der Waals surface area contributed by atoms with Crippen LogP contribution >= 0.6 is 0 Å². The minimum Gasteiger partial charge on any atom is -0.490 e. The molecule has 0 N–H and O–H groups in total. The molecule has 0 amide bonds. The minimum atomic E-state index is -0.411. The van der Waals surface area contributed by atoms with Crippen LogP contribution < -0.4 is 0 Å². The summed E-state index contributed by atoms with van der Waals surface area (Å²) in [5, 5.41) is 0. The number of hydrogen-bond donors (Lipinski definition) is 0.